The first kappa shape index (κ1) is 30.2. The zero-order valence-corrected chi connectivity index (χ0v) is 28.8. The first-order chi connectivity index (χ1) is 25.8. The number of benzene rings is 8. The smallest absolute Gasteiger partial charge is 0.0503 e. The number of para-hydroxylation sites is 2. The summed E-state index contributed by atoms with van der Waals surface area (Å²) < 4.78 is 0. The van der Waals surface area contributed by atoms with Crippen LogP contribution in [0.1, 0.15) is 22.3 Å². The van der Waals surface area contributed by atoms with Crippen molar-refractivity contribution in [2.75, 3.05) is 9.80 Å². The van der Waals surface area contributed by atoms with Gasteiger partial charge in [-0.2, -0.15) is 0 Å². The molecule has 0 amide bonds. The van der Waals surface area contributed by atoms with Gasteiger partial charge in [-0.05, 0) is 116 Å². The molecule has 0 saturated carbocycles. The predicted molar refractivity (Wildman–Crippen MR) is 218 cm³/mol. The van der Waals surface area contributed by atoms with Gasteiger partial charge < -0.3 is 9.80 Å². The minimum Gasteiger partial charge on any atom is -0.310 e. The van der Waals surface area contributed by atoms with Gasteiger partial charge in [-0.1, -0.05) is 133 Å². The van der Waals surface area contributed by atoms with Crippen LogP contribution in [0.2, 0.25) is 0 Å². The zero-order chi connectivity index (χ0) is 34.4. The van der Waals surface area contributed by atoms with Crippen molar-refractivity contribution in [1.82, 2.24) is 0 Å². The van der Waals surface area contributed by atoms with Crippen LogP contribution in [0.3, 0.4) is 0 Å². The number of rotatable bonds is 7. The van der Waals surface area contributed by atoms with E-state index in [0.717, 1.165) is 35.6 Å². The van der Waals surface area contributed by atoms with Gasteiger partial charge in [0.15, 0.2) is 0 Å². The third-order valence-corrected chi connectivity index (χ3v) is 10.7. The molecule has 2 aliphatic rings. The van der Waals surface area contributed by atoms with Crippen molar-refractivity contribution in [1.29, 1.82) is 0 Å². The third-order valence-electron chi connectivity index (χ3n) is 10.7. The van der Waals surface area contributed by atoms with Crippen LogP contribution in [0.5, 0.6) is 0 Å². The highest BCUT2D eigenvalue weighted by Crippen LogP contribution is 2.47. The molecule has 2 nitrogen and oxygen atoms in total. The molecule has 52 heavy (non-hydrogen) atoms. The van der Waals surface area contributed by atoms with Crippen LogP contribution < -0.4 is 9.80 Å². The second-order valence-electron chi connectivity index (χ2n) is 13.7. The van der Waals surface area contributed by atoms with Crippen molar-refractivity contribution in [2.45, 2.75) is 12.8 Å². The van der Waals surface area contributed by atoms with Crippen molar-refractivity contribution in [2.24, 2.45) is 0 Å². The maximum atomic E-state index is 2.41. The number of anilines is 6. The maximum Gasteiger partial charge on any atom is 0.0503 e. The Bertz CT molecular complexity index is 2370. The van der Waals surface area contributed by atoms with Gasteiger partial charge in [0, 0.05) is 35.6 Å². The van der Waals surface area contributed by atoms with E-state index in [1.54, 1.807) is 0 Å². The van der Waals surface area contributed by atoms with Gasteiger partial charge in [0.1, 0.15) is 0 Å². The first-order valence-corrected chi connectivity index (χ1v) is 18.1. The highest BCUT2D eigenvalue weighted by Gasteiger charge is 2.26. The van der Waals surface area contributed by atoms with Gasteiger partial charge in [0.2, 0.25) is 0 Å². The lowest BCUT2D eigenvalue weighted by atomic mass is 10.0. The molecule has 0 saturated heterocycles. The molecule has 0 heterocycles. The Kier molecular flexibility index (Phi) is 7.32. The number of nitrogens with zero attached hydrogens (tertiary/aromatic N) is 2. The van der Waals surface area contributed by atoms with Crippen molar-refractivity contribution in [3.8, 4) is 33.4 Å². The van der Waals surface area contributed by atoms with E-state index in [-0.39, 0.29) is 0 Å². The molecule has 2 aliphatic carbocycles. The Labute approximate surface area is 305 Å². The number of hydrogen-bond donors (Lipinski definition) is 0. The van der Waals surface area contributed by atoms with E-state index in [1.807, 2.05) is 0 Å². The zero-order valence-electron chi connectivity index (χ0n) is 28.8. The lowest BCUT2D eigenvalue weighted by Crippen LogP contribution is -2.12. The van der Waals surface area contributed by atoms with Crippen LogP contribution in [-0.2, 0) is 12.8 Å². The van der Waals surface area contributed by atoms with Gasteiger partial charge in [-0.3, -0.25) is 0 Å². The maximum absolute atomic E-state index is 2.41. The summed E-state index contributed by atoms with van der Waals surface area (Å²) in [6.07, 6.45) is 1.88. The normalized spacial score (nSPS) is 12.1. The quantitative estimate of drug-likeness (QED) is 0.167. The minimum atomic E-state index is 0.939. The molecule has 2 heteroatoms. The second kappa shape index (κ2) is 12.6. The Morgan fingerprint density at radius 1 is 0.269 bits per heavy atom. The number of fused-ring (bicyclic) bond motifs is 6. The fourth-order valence-corrected chi connectivity index (χ4v) is 8.31. The molecule has 8 aromatic rings. The van der Waals surface area contributed by atoms with Gasteiger partial charge in [0.05, 0.1) is 11.4 Å². The molecule has 0 radical (unpaired) electrons. The average molecular weight is 665 g/mol. The van der Waals surface area contributed by atoms with Gasteiger partial charge >= 0.3 is 0 Å². The van der Waals surface area contributed by atoms with Crippen molar-refractivity contribution < 1.29 is 0 Å². The second-order valence-corrected chi connectivity index (χ2v) is 13.7. The SMILES string of the molecule is c1ccc(N(c2ccc(-c3ccc(N(c4ccccc4)c4cccc5c4Cc4ccccc4-5)cc3)cc2)c2cccc3c2Cc2ccccc2-3)cc1. The number of hydrogen-bond acceptors (Lipinski definition) is 2. The summed E-state index contributed by atoms with van der Waals surface area (Å²) in [6.45, 7) is 0. The largest absolute Gasteiger partial charge is 0.310 e. The van der Waals surface area contributed by atoms with E-state index in [4.69, 9.17) is 0 Å². The summed E-state index contributed by atoms with van der Waals surface area (Å²) in [5, 5.41) is 0. The van der Waals surface area contributed by atoms with E-state index >= 15 is 0 Å². The van der Waals surface area contributed by atoms with E-state index < -0.39 is 0 Å². The molecule has 246 valence electrons. The summed E-state index contributed by atoms with van der Waals surface area (Å²) >= 11 is 0. The fourth-order valence-electron chi connectivity index (χ4n) is 8.31. The first-order valence-electron chi connectivity index (χ1n) is 18.1. The van der Waals surface area contributed by atoms with Crippen molar-refractivity contribution in [3.05, 3.63) is 216 Å². The standard InChI is InChI=1S/C50H36N2/c1-3-15-39(16-4-1)51(49-23-11-21-45-43-19-9-7-13-37(43)33-47(45)49)41-29-25-35(26-30-41)36-27-31-42(32-28-36)52(40-17-5-2-6-18-40)50-24-12-22-46-44-20-10-8-14-38(44)34-48(46)50/h1-32H,33-34H2. The van der Waals surface area contributed by atoms with Gasteiger partial charge in [-0.25, -0.2) is 0 Å². The molecule has 0 aliphatic heterocycles. The predicted octanol–water partition coefficient (Wildman–Crippen LogP) is 13.4. The molecule has 10 rings (SSSR count). The Balaban J connectivity index is 0.998. The van der Waals surface area contributed by atoms with E-state index in [0.29, 0.717) is 0 Å². The molecule has 0 spiro atoms. The van der Waals surface area contributed by atoms with Crippen LogP contribution in [0, 0.1) is 0 Å². The lowest BCUT2D eigenvalue weighted by molar-refractivity contribution is 1.20. The van der Waals surface area contributed by atoms with Crippen LogP contribution in [0.4, 0.5) is 34.1 Å². The summed E-state index contributed by atoms with van der Waals surface area (Å²) in [5.74, 6) is 0. The van der Waals surface area contributed by atoms with Gasteiger partial charge in [-0.15, -0.1) is 0 Å². The average Bonchev–Trinajstić information content (AvgIpc) is 3.79. The summed E-state index contributed by atoms with van der Waals surface area (Å²) in [7, 11) is 0. The fraction of sp³-hybridized carbons (Fsp3) is 0.0400. The topological polar surface area (TPSA) is 6.48 Å². The molecule has 0 atom stereocenters. The summed E-state index contributed by atoms with van der Waals surface area (Å²) in [4.78, 5) is 4.82. The molecular formula is C50H36N2. The van der Waals surface area contributed by atoms with Crippen molar-refractivity contribution >= 4 is 34.1 Å². The Morgan fingerprint density at radius 2 is 0.615 bits per heavy atom. The summed E-state index contributed by atoms with van der Waals surface area (Å²) in [5.41, 5.74) is 20.3. The minimum absolute atomic E-state index is 0.939. The van der Waals surface area contributed by atoms with E-state index in [2.05, 4.69) is 204 Å². The molecule has 0 aromatic heterocycles. The highest BCUT2D eigenvalue weighted by molar-refractivity contribution is 5.90. The molecule has 0 unspecified atom stereocenters. The van der Waals surface area contributed by atoms with E-state index in [1.165, 1.54) is 67.0 Å². The Morgan fingerprint density at radius 3 is 1.04 bits per heavy atom. The molecule has 0 fully saturated rings. The van der Waals surface area contributed by atoms with Gasteiger partial charge in [0.25, 0.3) is 0 Å². The molecule has 8 aromatic carbocycles. The highest BCUT2D eigenvalue weighted by atomic mass is 15.1. The third kappa shape index (κ3) is 5.11. The van der Waals surface area contributed by atoms with Crippen LogP contribution in [-0.4, -0.2) is 0 Å². The van der Waals surface area contributed by atoms with Crippen LogP contribution in [0.25, 0.3) is 33.4 Å². The monoisotopic (exact) mass is 664 g/mol. The molecule has 0 bridgehead atoms. The van der Waals surface area contributed by atoms with Crippen molar-refractivity contribution in [3.63, 3.8) is 0 Å². The molecule has 0 N–H and O–H groups in total. The Hall–Kier alpha value is -6.64. The van der Waals surface area contributed by atoms with Crippen LogP contribution in [0.15, 0.2) is 194 Å². The van der Waals surface area contributed by atoms with Crippen LogP contribution >= 0.6 is 0 Å². The molecular weight excluding hydrogens is 629 g/mol. The lowest BCUT2D eigenvalue weighted by Gasteiger charge is -2.28. The summed E-state index contributed by atoms with van der Waals surface area (Å²) in [6, 6.07) is 70.6. The van der Waals surface area contributed by atoms with E-state index in [9.17, 15) is 0 Å².